The summed E-state index contributed by atoms with van der Waals surface area (Å²) in [5, 5.41) is 19.0. The summed E-state index contributed by atoms with van der Waals surface area (Å²) in [6.07, 6.45) is 5.79. The van der Waals surface area contributed by atoms with Gasteiger partial charge in [-0.1, -0.05) is 5.21 Å². The molecule has 5 heterocycles. The summed E-state index contributed by atoms with van der Waals surface area (Å²) >= 11 is 0. The van der Waals surface area contributed by atoms with Crippen molar-refractivity contribution < 1.29 is 14.2 Å². The van der Waals surface area contributed by atoms with Crippen molar-refractivity contribution in [2.75, 3.05) is 13.2 Å². The Morgan fingerprint density at radius 2 is 2.23 bits per heavy atom. The van der Waals surface area contributed by atoms with E-state index in [1.807, 2.05) is 36.1 Å². The van der Waals surface area contributed by atoms with Crippen molar-refractivity contribution in [2.45, 2.75) is 50.0 Å². The van der Waals surface area contributed by atoms with Crippen LogP contribution in [0.1, 0.15) is 42.7 Å². The summed E-state index contributed by atoms with van der Waals surface area (Å²) in [6.45, 7) is 3.82. The van der Waals surface area contributed by atoms with Crippen LogP contribution in [0.3, 0.4) is 0 Å². The van der Waals surface area contributed by atoms with Crippen LogP contribution in [0.5, 0.6) is 5.75 Å². The van der Waals surface area contributed by atoms with Crippen LogP contribution in [0, 0.1) is 11.3 Å². The molecule has 1 aliphatic carbocycles. The van der Waals surface area contributed by atoms with Gasteiger partial charge >= 0.3 is 0 Å². The number of hydrogen-bond acceptors (Lipinski definition) is 7. The Kier molecular flexibility index (Phi) is 3.70. The lowest BCUT2D eigenvalue weighted by molar-refractivity contribution is 0.0391. The van der Waals surface area contributed by atoms with E-state index in [0.29, 0.717) is 26.1 Å². The van der Waals surface area contributed by atoms with Gasteiger partial charge in [0.1, 0.15) is 17.5 Å². The molecule has 0 unspecified atom stereocenters. The van der Waals surface area contributed by atoms with E-state index in [-0.39, 0.29) is 11.6 Å². The SMILES string of the molecule is C[C@@H](Oc1ccc2ncc3c(c2c1)CCOC3)c1cn(C23COC(C#N)(C2)C3)nn1. The molecule has 8 heteroatoms. The number of fused-ring (bicyclic) bond motifs is 4. The van der Waals surface area contributed by atoms with Crippen molar-refractivity contribution >= 4 is 10.9 Å². The first kappa shape index (κ1) is 17.8. The van der Waals surface area contributed by atoms with Gasteiger partial charge in [0.2, 0.25) is 0 Å². The Morgan fingerprint density at radius 3 is 3.07 bits per heavy atom. The van der Waals surface area contributed by atoms with Crippen molar-refractivity contribution in [3.8, 4) is 11.8 Å². The third kappa shape index (κ3) is 2.56. The number of nitriles is 1. The molecule has 0 N–H and O–H groups in total. The second-order valence-electron chi connectivity index (χ2n) is 8.56. The molecule has 3 aromatic rings. The van der Waals surface area contributed by atoms with E-state index in [1.165, 1.54) is 5.56 Å². The third-order valence-electron chi connectivity index (χ3n) is 6.57. The van der Waals surface area contributed by atoms with Gasteiger partial charge in [0.15, 0.2) is 5.60 Å². The number of nitrogens with zero attached hydrogens (tertiary/aromatic N) is 5. The highest BCUT2D eigenvalue weighted by Crippen LogP contribution is 2.55. The smallest absolute Gasteiger partial charge is 0.159 e. The Bertz CT molecular complexity index is 1190. The predicted molar refractivity (Wildman–Crippen MR) is 106 cm³/mol. The van der Waals surface area contributed by atoms with E-state index in [1.54, 1.807) is 0 Å². The first-order valence-corrected chi connectivity index (χ1v) is 10.2. The first-order valence-electron chi connectivity index (χ1n) is 10.2. The molecule has 2 aromatic heterocycles. The van der Waals surface area contributed by atoms with Crippen LogP contribution in [0.4, 0.5) is 0 Å². The molecular formula is C22H21N5O3. The fourth-order valence-corrected chi connectivity index (χ4v) is 4.90. The first-order chi connectivity index (χ1) is 14.6. The Balaban J connectivity index is 1.24. The van der Waals surface area contributed by atoms with Gasteiger partial charge in [-0.25, -0.2) is 4.68 Å². The normalized spacial score (nSPS) is 27.9. The van der Waals surface area contributed by atoms with Crippen molar-refractivity contribution in [3.63, 3.8) is 0 Å². The average molecular weight is 403 g/mol. The summed E-state index contributed by atoms with van der Waals surface area (Å²) in [6, 6.07) is 8.28. The number of ether oxygens (including phenoxy) is 3. The van der Waals surface area contributed by atoms with Gasteiger partial charge in [0.25, 0.3) is 0 Å². The van der Waals surface area contributed by atoms with Crippen LogP contribution in [-0.4, -0.2) is 38.8 Å². The van der Waals surface area contributed by atoms with Crippen molar-refractivity contribution in [2.24, 2.45) is 0 Å². The molecule has 0 spiro atoms. The number of pyridine rings is 1. The van der Waals surface area contributed by atoms with E-state index < -0.39 is 5.60 Å². The van der Waals surface area contributed by atoms with Crippen LogP contribution < -0.4 is 4.74 Å². The molecule has 0 radical (unpaired) electrons. The summed E-state index contributed by atoms with van der Waals surface area (Å²) in [4.78, 5) is 4.55. The van der Waals surface area contributed by atoms with E-state index in [4.69, 9.17) is 14.2 Å². The summed E-state index contributed by atoms with van der Waals surface area (Å²) in [5.41, 5.74) is 3.30. The van der Waals surface area contributed by atoms with E-state index >= 15 is 0 Å². The second-order valence-corrected chi connectivity index (χ2v) is 8.56. The highest BCUT2D eigenvalue weighted by atomic mass is 16.5. The van der Waals surface area contributed by atoms with Crippen molar-refractivity contribution in [1.29, 1.82) is 5.26 Å². The minimum Gasteiger partial charge on any atom is -0.484 e. The standard InChI is InChI=1S/C22H21N5O3/c1-14(20-8-27(26-25-20)21-10-22(11-21,12-23)29-13-21)30-16-2-3-19-18(6-16)17-4-5-28-9-15(17)7-24-19/h2-3,6-8,14H,4-5,9-11,13H2,1H3/t14-,21?,22?/m1/s1. The van der Waals surface area contributed by atoms with Gasteiger partial charge < -0.3 is 14.2 Å². The molecule has 1 saturated carbocycles. The lowest BCUT2D eigenvalue weighted by atomic mass is 9.69. The zero-order chi connectivity index (χ0) is 20.3. The largest absolute Gasteiger partial charge is 0.484 e. The number of hydrogen-bond donors (Lipinski definition) is 0. The van der Waals surface area contributed by atoms with Crippen LogP contribution in [-0.2, 0) is 28.0 Å². The second kappa shape index (κ2) is 6.24. The zero-order valence-electron chi connectivity index (χ0n) is 16.7. The van der Waals surface area contributed by atoms with E-state index in [2.05, 4.69) is 27.4 Å². The fraction of sp³-hybridized carbons (Fsp3) is 0.455. The number of benzene rings is 1. The lowest BCUT2D eigenvalue weighted by Gasteiger charge is -2.39. The topological polar surface area (TPSA) is 95.1 Å². The maximum Gasteiger partial charge on any atom is 0.159 e. The molecule has 1 atom stereocenters. The molecule has 152 valence electrons. The highest BCUT2D eigenvalue weighted by Gasteiger charge is 2.65. The van der Waals surface area contributed by atoms with E-state index in [9.17, 15) is 5.26 Å². The monoisotopic (exact) mass is 403 g/mol. The number of aromatic nitrogens is 4. The highest BCUT2D eigenvalue weighted by molar-refractivity contribution is 5.84. The predicted octanol–water partition coefficient (Wildman–Crippen LogP) is 2.82. The number of rotatable bonds is 4. The molecule has 1 aromatic carbocycles. The van der Waals surface area contributed by atoms with Gasteiger partial charge in [-0.2, -0.15) is 5.26 Å². The van der Waals surface area contributed by atoms with Gasteiger partial charge in [-0.3, -0.25) is 4.98 Å². The third-order valence-corrected chi connectivity index (χ3v) is 6.57. The van der Waals surface area contributed by atoms with Gasteiger partial charge in [0, 0.05) is 24.4 Å². The van der Waals surface area contributed by atoms with Crippen LogP contribution in [0.2, 0.25) is 0 Å². The molecule has 0 amide bonds. The molecular weight excluding hydrogens is 382 g/mol. The molecule has 3 fully saturated rings. The van der Waals surface area contributed by atoms with E-state index in [0.717, 1.165) is 40.9 Å². The van der Waals surface area contributed by atoms with Crippen LogP contribution >= 0.6 is 0 Å². The molecule has 8 nitrogen and oxygen atoms in total. The molecule has 30 heavy (non-hydrogen) atoms. The Labute approximate surface area is 173 Å². The molecule has 3 aliphatic heterocycles. The molecule has 2 bridgehead atoms. The maximum atomic E-state index is 9.28. The average Bonchev–Trinajstić information content (AvgIpc) is 3.47. The Hall–Kier alpha value is -3.02. The van der Waals surface area contributed by atoms with Gasteiger partial charge in [0.05, 0.1) is 43.1 Å². The van der Waals surface area contributed by atoms with Crippen LogP contribution in [0.25, 0.3) is 10.9 Å². The van der Waals surface area contributed by atoms with Crippen molar-refractivity contribution in [3.05, 3.63) is 47.4 Å². The Morgan fingerprint density at radius 1 is 1.33 bits per heavy atom. The maximum absolute atomic E-state index is 9.28. The fourth-order valence-electron chi connectivity index (χ4n) is 4.90. The quantitative estimate of drug-likeness (QED) is 0.661. The van der Waals surface area contributed by atoms with Crippen molar-refractivity contribution in [1.82, 2.24) is 20.0 Å². The van der Waals surface area contributed by atoms with Crippen LogP contribution in [0.15, 0.2) is 30.6 Å². The molecule has 2 saturated heterocycles. The summed E-state index contributed by atoms with van der Waals surface area (Å²) in [5.74, 6) is 0.778. The minimum atomic E-state index is -0.627. The zero-order valence-corrected chi connectivity index (χ0v) is 16.7. The van der Waals surface area contributed by atoms with Gasteiger partial charge in [-0.15, -0.1) is 5.10 Å². The lowest BCUT2D eigenvalue weighted by Crippen LogP contribution is -2.50. The molecule has 7 rings (SSSR count). The minimum absolute atomic E-state index is 0.240. The van der Waals surface area contributed by atoms with Gasteiger partial charge in [-0.05, 0) is 42.7 Å². The summed E-state index contributed by atoms with van der Waals surface area (Å²) < 4.78 is 19.3. The molecule has 4 aliphatic rings. The summed E-state index contributed by atoms with van der Waals surface area (Å²) in [7, 11) is 0.